The molecular formula is C19H19N7O2. The molecule has 2 heterocycles. The number of aryl methyl sites for hydroxylation is 1. The van der Waals surface area contributed by atoms with Gasteiger partial charge in [0.2, 0.25) is 5.91 Å². The van der Waals surface area contributed by atoms with Crippen molar-refractivity contribution in [2.24, 2.45) is 13.0 Å². The molecule has 1 fully saturated rings. The fourth-order valence-electron chi connectivity index (χ4n) is 2.84. The van der Waals surface area contributed by atoms with Gasteiger partial charge in [-0.05, 0) is 31.4 Å². The monoisotopic (exact) mass is 377 g/mol. The molecule has 3 aromatic rings. The maximum absolute atomic E-state index is 12.0. The zero-order chi connectivity index (χ0) is 19.7. The normalized spacial score (nSPS) is 13.2. The van der Waals surface area contributed by atoms with Crippen LogP contribution in [0.2, 0.25) is 0 Å². The lowest BCUT2D eigenvalue weighted by atomic mass is 10.1. The van der Waals surface area contributed by atoms with E-state index in [0.29, 0.717) is 23.6 Å². The maximum Gasteiger partial charge on any atom is 0.228 e. The molecule has 1 aromatic carbocycles. The van der Waals surface area contributed by atoms with Crippen LogP contribution in [0.1, 0.15) is 28.9 Å². The number of amides is 1. The van der Waals surface area contributed by atoms with Crippen LogP contribution < -0.4 is 10.6 Å². The molecule has 0 atom stereocenters. The Morgan fingerprint density at radius 1 is 1.25 bits per heavy atom. The maximum atomic E-state index is 12.0. The van der Waals surface area contributed by atoms with Crippen molar-refractivity contribution in [3.8, 4) is 11.4 Å². The minimum atomic E-state index is -0.0708. The van der Waals surface area contributed by atoms with Crippen LogP contribution in [0.5, 0.6) is 0 Å². The van der Waals surface area contributed by atoms with Gasteiger partial charge in [-0.2, -0.15) is 5.10 Å². The van der Waals surface area contributed by atoms with E-state index >= 15 is 0 Å². The molecule has 142 valence electrons. The predicted octanol–water partition coefficient (Wildman–Crippen LogP) is 2.49. The highest BCUT2D eigenvalue weighted by Gasteiger charge is 2.30. The molecule has 1 amide bonds. The van der Waals surface area contributed by atoms with Crippen molar-refractivity contribution < 1.29 is 9.59 Å². The largest absolute Gasteiger partial charge is 0.353 e. The highest BCUT2D eigenvalue weighted by Crippen LogP contribution is 2.31. The third-order valence-electron chi connectivity index (χ3n) is 4.58. The lowest BCUT2D eigenvalue weighted by Crippen LogP contribution is -2.15. The number of carbonyl (C=O) groups excluding carboxylic acids is 2. The molecule has 0 spiro atoms. The zero-order valence-electron chi connectivity index (χ0n) is 15.5. The number of nitrogens with zero attached hydrogens (tertiary/aromatic N) is 5. The Bertz CT molecular complexity index is 1060. The van der Waals surface area contributed by atoms with E-state index < -0.39 is 0 Å². The lowest BCUT2D eigenvalue weighted by Gasteiger charge is -2.14. The molecule has 2 N–H and O–H groups in total. The molecule has 9 heteroatoms. The van der Waals surface area contributed by atoms with Gasteiger partial charge < -0.3 is 10.6 Å². The van der Waals surface area contributed by atoms with Crippen molar-refractivity contribution in [1.29, 1.82) is 0 Å². The molecule has 0 unspecified atom stereocenters. The van der Waals surface area contributed by atoms with Crippen LogP contribution in [0.15, 0.2) is 30.6 Å². The van der Waals surface area contributed by atoms with Gasteiger partial charge in [-0.3, -0.25) is 14.3 Å². The number of hydrogen-bond donors (Lipinski definition) is 2. The van der Waals surface area contributed by atoms with Crippen LogP contribution in [-0.4, -0.2) is 37.2 Å². The Labute approximate surface area is 161 Å². The second kappa shape index (κ2) is 7.18. The summed E-state index contributed by atoms with van der Waals surface area (Å²) < 4.78 is 1.64. The van der Waals surface area contributed by atoms with E-state index in [1.165, 1.54) is 0 Å². The molecule has 0 aliphatic heterocycles. The van der Waals surface area contributed by atoms with Gasteiger partial charge in [0.05, 0.1) is 5.69 Å². The van der Waals surface area contributed by atoms with Gasteiger partial charge in [0.15, 0.2) is 17.9 Å². The molecular weight excluding hydrogens is 358 g/mol. The van der Waals surface area contributed by atoms with Crippen LogP contribution in [0.25, 0.3) is 11.4 Å². The molecule has 1 aliphatic carbocycles. The molecule has 9 nitrogen and oxygen atoms in total. The first kappa shape index (κ1) is 17.8. The van der Waals surface area contributed by atoms with E-state index in [0.717, 1.165) is 29.7 Å². The van der Waals surface area contributed by atoms with Crippen molar-refractivity contribution in [3.05, 3.63) is 41.9 Å². The zero-order valence-corrected chi connectivity index (χ0v) is 15.5. The first-order valence-corrected chi connectivity index (χ1v) is 8.91. The summed E-state index contributed by atoms with van der Waals surface area (Å²) in [4.78, 5) is 27.7. The molecule has 1 saturated carbocycles. The first-order valence-electron chi connectivity index (χ1n) is 8.91. The van der Waals surface area contributed by atoms with Gasteiger partial charge >= 0.3 is 0 Å². The Morgan fingerprint density at radius 3 is 2.75 bits per heavy atom. The molecule has 1 aliphatic rings. The minimum absolute atomic E-state index is 0.0498. The number of hydrogen-bond acceptors (Lipinski definition) is 7. The minimum Gasteiger partial charge on any atom is -0.353 e. The number of carbonyl (C=O) groups is 2. The topological polar surface area (TPSA) is 115 Å². The number of aldehydes is 1. The highest BCUT2D eigenvalue weighted by atomic mass is 16.2. The third-order valence-corrected chi connectivity index (χ3v) is 4.58. The Balaban J connectivity index is 1.64. The fourth-order valence-corrected chi connectivity index (χ4v) is 2.84. The number of rotatable bonds is 6. The molecule has 28 heavy (non-hydrogen) atoms. The SMILES string of the molecule is Cc1c(Nc2cc(NC(=O)C3CC3)nnc2C=O)cccc1-c1ncn(C)n1. The summed E-state index contributed by atoms with van der Waals surface area (Å²) in [6, 6.07) is 7.32. The van der Waals surface area contributed by atoms with Crippen molar-refractivity contribution in [2.45, 2.75) is 19.8 Å². The van der Waals surface area contributed by atoms with Crippen LogP contribution in [-0.2, 0) is 11.8 Å². The number of anilines is 3. The van der Waals surface area contributed by atoms with Gasteiger partial charge in [-0.15, -0.1) is 10.2 Å². The van der Waals surface area contributed by atoms with E-state index in [2.05, 4.69) is 30.9 Å². The van der Waals surface area contributed by atoms with Crippen LogP contribution >= 0.6 is 0 Å². The summed E-state index contributed by atoms with van der Waals surface area (Å²) in [5.41, 5.74) is 3.20. The van der Waals surface area contributed by atoms with E-state index in [1.807, 2.05) is 32.2 Å². The average molecular weight is 377 g/mol. The summed E-state index contributed by atoms with van der Waals surface area (Å²) in [6.07, 6.45) is 4.05. The number of aromatic nitrogens is 5. The average Bonchev–Trinajstić information content (AvgIpc) is 3.45. The van der Waals surface area contributed by atoms with Gasteiger partial charge in [-0.25, -0.2) is 4.98 Å². The van der Waals surface area contributed by atoms with Crippen LogP contribution in [0.4, 0.5) is 17.2 Å². The first-order chi connectivity index (χ1) is 13.5. The van der Waals surface area contributed by atoms with Gasteiger partial charge in [0.1, 0.15) is 12.0 Å². The van der Waals surface area contributed by atoms with Crippen molar-refractivity contribution in [2.75, 3.05) is 10.6 Å². The van der Waals surface area contributed by atoms with E-state index in [4.69, 9.17) is 0 Å². The number of nitrogens with one attached hydrogen (secondary N) is 2. The highest BCUT2D eigenvalue weighted by molar-refractivity contribution is 5.94. The summed E-state index contributed by atoms with van der Waals surface area (Å²) in [5, 5.41) is 18.1. The second-order valence-corrected chi connectivity index (χ2v) is 6.75. The molecule has 0 saturated heterocycles. The fraction of sp³-hybridized carbons (Fsp3) is 0.263. The summed E-state index contributed by atoms with van der Waals surface area (Å²) in [5.74, 6) is 0.905. The van der Waals surface area contributed by atoms with Gasteiger partial charge in [0, 0.05) is 30.3 Å². The van der Waals surface area contributed by atoms with Crippen molar-refractivity contribution >= 4 is 29.4 Å². The predicted molar refractivity (Wildman–Crippen MR) is 103 cm³/mol. The number of benzene rings is 1. The van der Waals surface area contributed by atoms with Gasteiger partial charge in [-0.1, -0.05) is 12.1 Å². The molecule has 0 radical (unpaired) electrons. The van der Waals surface area contributed by atoms with Crippen molar-refractivity contribution in [3.63, 3.8) is 0 Å². The van der Waals surface area contributed by atoms with E-state index in [9.17, 15) is 9.59 Å². The third kappa shape index (κ3) is 3.59. The second-order valence-electron chi connectivity index (χ2n) is 6.75. The quantitative estimate of drug-likeness (QED) is 0.634. The summed E-state index contributed by atoms with van der Waals surface area (Å²) >= 11 is 0. The van der Waals surface area contributed by atoms with Crippen LogP contribution in [0.3, 0.4) is 0 Å². The van der Waals surface area contributed by atoms with Crippen LogP contribution in [0, 0.1) is 12.8 Å². The lowest BCUT2D eigenvalue weighted by molar-refractivity contribution is -0.117. The summed E-state index contributed by atoms with van der Waals surface area (Å²) in [6.45, 7) is 1.94. The van der Waals surface area contributed by atoms with Crippen molar-refractivity contribution in [1.82, 2.24) is 25.0 Å². The smallest absolute Gasteiger partial charge is 0.228 e. The Morgan fingerprint density at radius 2 is 2.07 bits per heavy atom. The molecule has 0 bridgehead atoms. The molecule has 2 aromatic heterocycles. The van der Waals surface area contributed by atoms with Gasteiger partial charge in [0.25, 0.3) is 0 Å². The molecule has 4 rings (SSSR count). The van der Waals surface area contributed by atoms with E-state index in [-0.39, 0.29) is 17.5 Å². The van der Waals surface area contributed by atoms with E-state index in [1.54, 1.807) is 17.1 Å². The standard InChI is InChI=1S/C19H19N7O2/c1-11-13(18-20-10-26(2)25-18)4-3-5-14(11)21-15-8-17(24-23-16(15)9-27)22-19(28)12-6-7-12/h3-5,8-10,12H,6-7H2,1-2H3,(H2,21,22,24,28). The Kier molecular flexibility index (Phi) is 4.56. The summed E-state index contributed by atoms with van der Waals surface area (Å²) in [7, 11) is 1.81. The Hall–Kier alpha value is -3.62.